The smallest absolute Gasteiger partial charge is 0.239 e. The zero-order valence-corrected chi connectivity index (χ0v) is 11.6. The number of hydrogen-bond acceptors (Lipinski definition) is 6. The summed E-state index contributed by atoms with van der Waals surface area (Å²) in [4.78, 5) is 11.5. The second-order valence-electron chi connectivity index (χ2n) is 3.47. The Morgan fingerprint density at radius 3 is 3.06 bits per heavy atom. The minimum atomic E-state index is 0.418. The molecule has 0 amide bonds. The Balaban J connectivity index is 2.11. The molecular weight excluding hydrogens is 302 g/mol. The number of thiophene rings is 1. The van der Waals surface area contributed by atoms with Gasteiger partial charge in [0.05, 0.1) is 6.54 Å². The molecule has 2 rings (SSSR count). The summed E-state index contributed by atoms with van der Waals surface area (Å²) < 4.78 is 1.11. The van der Waals surface area contributed by atoms with Crippen LogP contribution in [0.5, 0.6) is 0 Å². The summed E-state index contributed by atoms with van der Waals surface area (Å²) in [5.41, 5.74) is 2.44. The first-order valence-corrected chi connectivity index (χ1v) is 6.60. The summed E-state index contributed by atoms with van der Waals surface area (Å²) in [6, 6.07) is 3.95. The van der Waals surface area contributed by atoms with Gasteiger partial charge in [0.1, 0.15) is 5.82 Å². The first-order chi connectivity index (χ1) is 8.19. The normalized spacial score (nSPS) is 10.3. The molecule has 2 heterocycles. The number of nitrogens with zero attached hydrogens (tertiary/aromatic N) is 3. The van der Waals surface area contributed by atoms with E-state index in [2.05, 4.69) is 42.8 Å². The lowest BCUT2D eigenvalue weighted by molar-refractivity contribution is 0.904. The Labute approximate surface area is 112 Å². The Morgan fingerprint density at radius 2 is 2.41 bits per heavy atom. The number of nitrogens with one attached hydrogen (secondary N) is 1. The van der Waals surface area contributed by atoms with Gasteiger partial charge in [-0.2, -0.15) is 4.98 Å². The molecule has 0 bridgehead atoms. The molecule has 0 aliphatic rings. The van der Waals surface area contributed by atoms with Crippen molar-refractivity contribution in [1.29, 1.82) is 0 Å². The molecule has 2 aromatic heterocycles. The van der Waals surface area contributed by atoms with Crippen molar-refractivity contribution in [2.75, 3.05) is 17.4 Å². The third kappa shape index (κ3) is 3.15. The molecular formula is C10H12BrN5S. The number of hydrogen-bond donors (Lipinski definition) is 2. The van der Waals surface area contributed by atoms with Gasteiger partial charge < -0.3 is 4.90 Å². The molecule has 0 aliphatic heterocycles. The van der Waals surface area contributed by atoms with Gasteiger partial charge >= 0.3 is 0 Å². The van der Waals surface area contributed by atoms with Gasteiger partial charge in [0.15, 0.2) is 0 Å². The molecule has 0 aliphatic carbocycles. The molecule has 0 aromatic carbocycles. The van der Waals surface area contributed by atoms with Gasteiger partial charge in [-0.25, -0.2) is 10.8 Å². The minimum absolute atomic E-state index is 0.418. The highest BCUT2D eigenvalue weighted by atomic mass is 79.9. The number of anilines is 2. The van der Waals surface area contributed by atoms with Crippen molar-refractivity contribution in [3.8, 4) is 0 Å². The second-order valence-corrected chi connectivity index (χ2v) is 5.38. The monoisotopic (exact) mass is 313 g/mol. The lowest BCUT2D eigenvalue weighted by atomic mass is 10.4. The number of aromatic nitrogens is 2. The van der Waals surface area contributed by atoms with Gasteiger partial charge in [-0.3, -0.25) is 5.43 Å². The van der Waals surface area contributed by atoms with Crippen molar-refractivity contribution in [2.45, 2.75) is 6.54 Å². The van der Waals surface area contributed by atoms with Crippen LogP contribution in [0.1, 0.15) is 4.88 Å². The van der Waals surface area contributed by atoms with Crippen molar-refractivity contribution in [1.82, 2.24) is 9.97 Å². The van der Waals surface area contributed by atoms with Crippen LogP contribution < -0.4 is 16.2 Å². The second kappa shape index (κ2) is 5.44. The molecule has 3 N–H and O–H groups in total. The van der Waals surface area contributed by atoms with E-state index in [9.17, 15) is 0 Å². The van der Waals surface area contributed by atoms with Crippen LogP contribution in [-0.4, -0.2) is 17.0 Å². The first-order valence-electron chi connectivity index (χ1n) is 4.93. The highest BCUT2D eigenvalue weighted by Gasteiger charge is 2.06. The summed E-state index contributed by atoms with van der Waals surface area (Å²) in [5, 5.41) is 2.07. The summed E-state index contributed by atoms with van der Waals surface area (Å²) >= 11 is 5.15. The molecule has 0 fully saturated rings. The molecule has 0 saturated heterocycles. The summed E-state index contributed by atoms with van der Waals surface area (Å²) in [6.07, 6.45) is 1.68. The van der Waals surface area contributed by atoms with E-state index in [1.54, 1.807) is 17.5 Å². The maximum absolute atomic E-state index is 5.28. The van der Waals surface area contributed by atoms with Crippen molar-refractivity contribution in [2.24, 2.45) is 5.84 Å². The van der Waals surface area contributed by atoms with Crippen LogP contribution in [0, 0.1) is 0 Å². The van der Waals surface area contributed by atoms with E-state index in [0.717, 1.165) is 16.8 Å². The number of hydrazine groups is 1. The van der Waals surface area contributed by atoms with E-state index in [-0.39, 0.29) is 0 Å². The molecule has 0 unspecified atom stereocenters. The topological polar surface area (TPSA) is 67.1 Å². The van der Waals surface area contributed by atoms with Crippen LogP contribution in [-0.2, 0) is 6.54 Å². The Morgan fingerprint density at radius 1 is 1.59 bits per heavy atom. The Bertz CT molecular complexity index is 501. The van der Waals surface area contributed by atoms with Gasteiger partial charge in [-0.05, 0) is 28.1 Å². The lowest BCUT2D eigenvalue weighted by Gasteiger charge is -2.17. The van der Waals surface area contributed by atoms with Gasteiger partial charge in [0.25, 0.3) is 0 Å². The van der Waals surface area contributed by atoms with E-state index in [0.29, 0.717) is 5.95 Å². The molecule has 2 aromatic rings. The van der Waals surface area contributed by atoms with Crippen LogP contribution in [0.4, 0.5) is 11.8 Å². The molecule has 90 valence electrons. The fourth-order valence-corrected chi connectivity index (χ4v) is 2.89. The Hall–Kier alpha value is -1.18. The van der Waals surface area contributed by atoms with Gasteiger partial charge in [-0.1, -0.05) is 0 Å². The molecule has 17 heavy (non-hydrogen) atoms. The maximum Gasteiger partial charge on any atom is 0.239 e. The molecule has 7 heteroatoms. The number of rotatable bonds is 4. The molecule has 5 nitrogen and oxygen atoms in total. The third-order valence-corrected chi connectivity index (χ3v) is 3.86. The lowest BCUT2D eigenvalue weighted by Crippen LogP contribution is -2.19. The minimum Gasteiger partial charge on any atom is -0.354 e. The van der Waals surface area contributed by atoms with Crippen molar-refractivity contribution < 1.29 is 0 Å². The first kappa shape index (κ1) is 12.3. The highest BCUT2D eigenvalue weighted by molar-refractivity contribution is 9.10. The standard InChI is InChI=1S/C10H12BrN5S/c1-16(5-8-4-7(11)6-17-8)9-2-3-13-10(14-9)15-12/h2-4,6H,5,12H2,1H3,(H,13,14,15). The van der Waals surface area contributed by atoms with Crippen LogP contribution in [0.15, 0.2) is 28.2 Å². The summed E-state index contributed by atoms with van der Waals surface area (Å²) in [5.74, 6) is 6.53. The average Bonchev–Trinajstić information content (AvgIpc) is 2.75. The molecule has 0 spiro atoms. The van der Waals surface area contributed by atoms with Gasteiger partial charge in [0, 0.05) is 28.0 Å². The van der Waals surface area contributed by atoms with E-state index < -0.39 is 0 Å². The van der Waals surface area contributed by atoms with E-state index in [4.69, 9.17) is 5.84 Å². The number of nitrogen functional groups attached to an aromatic ring is 1. The van der Waals surface area contributed by atoms with E-state index in [1.807, 2.05) is 18.0 Å². The zero-order valence-electron chi connectivity index (χ0n) is 9.22. The van der Waals surface area contributed by atoms with Crippen molar-refractivity contribution in [3.05, 3.63) is 33.1 Å². The largest absolute Gasteiger partial charge is 0.354 e. The van der Waals surface area contributed by atoms with Gasteiger partial charge in [0.2, 0.25) is 5.95 Å². The number of halogens is 1. The summed E-state index contributed by atoms with van der Waals surface area (Å²) in [6.45, 7) is 0.803. The molecule has 0 radical (unpaired) electrons. The predicted molar refractivity (Wildman–Crippen MR) is 74.0 cm³/mol. The predicted octanol–water partition coefficient (Wildman–Crippen LogP) is 2.22. The van der Waals surface area contributed by atoms with Crippen molar-refractivity contribution >= 4 is 39.0 Å². The van der Waals surface area contributed by atoms with Gasteiger partial charge in [-0.15, -0.1) is 11.3 Å². The summed E-state index contributed by atoms with van der Waals surface area (Å²) in [7, 11) is 1.98. The van der Waals surface area contributed by atoms with Crippen LogP contribution in [0.2, 0.25) is 0 Å². The van der Waals surface area contributed by atoms with E-state index >= 15 is 0 Å². The van der Waals surface area contributed by atoms with Crippen molar-refractivity contribution in [3.63, 3.8) is 0 Å². The highest BCUT2D eigenvalue weighted by Crippen LogP contribution is 2.22. The Kier molecular flexibility index (Phi) is 3.93. The van der Waals surface area contributed by atoms with Crippen LogP contribution >= 0.6 is 27.3 Å². The quantitative estimate of drug-likeness (QED) is 0.669. The number of nitrogens with two attached hydrogens (primary N) is 1. The maximum atomic E-state index is 5.28. The fraction of sp³-hybridized carbons (Fsp3) is 0.200. The molecule has 0 atom stereocenters. The average molecular weight is 314 g/mol. The fourth-order valence-electron chi connectivity index (χ4n) is 1.38. The van der Waals surface area contributed by atoms with E-state index in [1.165, 1.54) is 4.88 Å². The molecule has 0 saturated carbocycles. The third-order valence-electron chi connectivity index (χ3n) is 2.18. The van der Waals surface area contributed by atoms with Crippen LogP contribution in [0.3, 0.4) is 0 Å². The SMILES string of the molecule is CN(Cc1cc(Br)cs1)c1ccnc(NN)n1. The van der Waals surface area contributed by atoms with Crippen LogP contribution in [0.25, 0.3) is 0 Å². The zero-order chi connectivity index (χ0) is 12.3.